The van der Waals surface area contributed by atoms with Crippen LogP contribution in [0.15, 0.2) is 28.7 Å². The minimum absolute atomic E-state index is 0.524. The first-order chi connectivity index (χ1) is 7.20. The van der Waals surface area contributed by atoms with Gasteiger partial charge in [0.05, 0.1) is 0 Å². The Morgan fingerprint density at radius 1 is 1.27 bits per heavy atom. The van der Waals surface area contributed by atoms with Crippen molar-refractivity contribution in [3.8, 4) is 0 Å². The third-order valence-electron chi connectivity index (χ3n) is 2.96. The maximum atomic E-state index is 14.4. The first kappa shape index (κ1) is 11.1. The molecule has 2 rings (SSSR count). The zero-order valence-electron chi connectivity index (χ0n) is 8.60. The van der Waals surface area contributed by atoms with Crippen LogP contribution in [0.5, 0.6) is 0 Å². The molecule has 1 heterocycles. The van der Waals surface area contributed by atoms with Gasteiger partial charge in [-0.15, -0.1) is 0 Å². The zero-order chi connectivity index (χ0) is 10.7. The van der Waals surface area contributed by atoms with E-state index in [0.29, 0.717) is 19.3 Å². The zero-order valence-corrected chi connectivity index (χ0v) is 10.2. The van der Waals surface area contributed by atoms with Crippen molar-refractivity contribution in [3.05, 3.63) is 34.3 Å². The largest absolute Gasteiger partial charge is 0.316 e. The lowest BCUT2D eigenvalue weighted by atomic mass is 9.88. The number of benzene rings is 1. The molecule has 0 atom stereocenters. The van der Waals surface area contributed by atoms with E-state index in [1.165, 1.54) is 0 Å². The average Bonchev–Trinajstić information content (AvgIpc) is 2.22. The highest BCUT2D eigenvalue weighted by Gasteiger charge is 2.32. The number of piperidine rings is 1. The summed E-state index contributed by atoms with van der Waals surface area (Å²) in [4.78, 5) is 0. The van der Waals surface area contributed by atoms with E-state index in [2.05, 4.69) is 21.2 Å². The van der Waals surface area contributed by atoms with Crippen LogP contribution < -0.4 is 5.32 Å². The van der Waals surface area contributed by atoms with Crippen LogP contribution in [-0.4, -0.2) is 18.8 Å². The van der Waals surface area contributed by atoms with Crippen LogP contribution in [0.4, 0.5) is 4.39 Å². The molecule has 1 aromatic rings. The van der Waals surface area contributed by atoms with Crippen LogP contribution in [0.25, 0.3) is 0 Å². The molecule has 1 aliphatic rings. The van der Waals surface area contributed by atoms with Gasteiger partial charge in [-0.1, -0.05) is 34.1 Å². The fourth-order valence-electron chi connectivity index (χ4n) is 2.03. The topological polar surface area (TPSA) is 12.0 Å². The van der Waals surface area contributed by atoms with Crippen molar-refractivity contribution in [2.45, 2.75) is 24.9 Å². The quantitative estimate of drug-likeness (QED) is 0.872. The second kappa shape index (κ2) is 4.62. The van der Waals surface area contributed by atoms with Crippen LogP contribution >= 0.6 is 15.9 Å². The Bertz CT molecular complexity index is 334. The summed E-state index contributed by atoms with van der Waals surface area (Å²) >= 11 is 3.46. The SMILES string of the molecule is FC1(Cc2ccccc2Br)CCNCC1. The van der Waals surface area contributed by atoms with Crippen molar-refractivity contribution < 1.29 is 4.39 Å². The summed E-state index contributed by atoms with van der Waals surface area (Å²) in [6, 6.07) is 7.89. The highest BCUT2D eigenvalue weighted by molar-refractivity contribution is 9.10. The second-order valence-electron chi connectivity index (χ2n) is 4.17. The summed E-state index contributed by atoms with van der Waals surface area (Å²) in [6.07, 6.45) is 1.76. The van der Waals surface area contributed by atoms with Gasteiger partial charge in [0.15, 0.2) is 0 Å². The van der Waals surface area contributed by atoms with Gasteiger partial charge < -0.3 is 5.32 Å². The maximum Gasteiger partial charge on any atom is 0.117 e. The third kappa shape index (κ3) is 2.79. The Kier molecular flexibility index (Phi) is 3.42. The minimum atomic E-state index is -1.02. The number of hydrogen-bond acceptors (Lipinski definition) is 1. The van der Waals surface area contributed by atoms with Gasteiger partial charge >= 0.3 is 0 Å². The van der Waals surface area contributed by atoms with E-state index in [0.717, 1.165) is 23.1 Å². The van der Waals surface area contributed by atoms with Crippen LogP contribution in [0, 0.1) is 0 Å². The Morgan fingerprint density at radius 2 is 1.93 bits per heavy atom. The maximum absolute atomic E-state index is 14.4. The molecule has 0 spiro atoms. The molecule has 1 nitrogen and oxygen atoms in total. The van der Waals surface area contributed by atoms with Crippen molar-refractivity contribution in [1.29, 1.82) is 0 Å². The van der Waals surface area contributed by atoms with Gasteiger partial charge in [-0.25, -0.2) is 4.39 Å². The molecule has 0 saturated carbocycles. The van der Waals surface area contributed by atoms with Gasteiger partial charge in [0.1, 0.15) is 5.67 Å². The molecule has 1 N–H and O–H groups in total. The van der Waals surface area contributed by atoms with Crippen molar-refractivity contribution >= 4 is 15.9 Å². The highest BCUT2D eigenvalue weighted by atomic mass is 79.9. The van der Waals surface area contributed by atoms with E-state index in [-0.39, 0.29) is 0 Å². The van der Waals surface area contributed by atoms with Crippen molar-refractivity contribution in [1.82, 2.24) is 5.32 Å². The average molecular weight is 272 g/mol. The molecule has 1 aliphatic heterocycles. The van der Waals surface area contributed by atoms with E-state index in [1.54, 1.807) is 0 Å². The van der Waals surface area contributed by atoms with Gasteiger partial charge in [0, 0.05) is 10.9 Å². The Hall–Kier alpha value is -0.410. The Morgan fingerprint density at radius 3 is 2.60 bits per heavy atom. The number of nitrogens with one attached hydrogen (secondary N) is 1. The van der Waals surface area contributed by atoms with Gasteiger partial charge in [-0.2, -0.15) is 0 Å². The van der Waals surface area contributed by atoms with Gasteiger partial charge in [0.25, 0.3) is 0 Å². The number of hydrogen-bond donors (Lipinski definition) is 1. The van der Waals surface area contributed by atoms with Crippen molar-refractivity contribution in [3.63, 3.8) is 0 Å². The first-order valence-electron chi connectivity index (χ1n) is 5.33. The van der Waals surface area contributed by atoms with Crippen LogP contribution in [0.3, 0.4) is 0 Å². The third-order valence-corrected chi connectivity index (χ3v) is 3.74. The molecule has 0 aromatic heterocycles. The molecule has 0 bridgehead atoms. The molecule has 0 aliphatic carbocycles. The van der Waals surface area contributed by atoms with Crippen LogP contribution in [-0.2, 0) is 6.42 Å². The van der Waals surface area contributed by atoms with E-state index in [9.17, 15) is 4.39 Å². The fraction of sp³-hybridized carbons (Fsp3) is 0.500. The fourth-order valence-corrected chi connectivity index (χ4v) is 2.46. The number of rotatable bonds is 2. The molecular formula is C12H15BrFN. The Balaban J connectivity index is 2.10. The minimum Gasteiger partial charge on any atom is -0.316 e. The summed E-state index contributed by atoms with van der Waals surface area (Å²) in [6.45, 7) is 1.59. The molecule has 1 aromatic carbocycles. The number of alkyl halides is 1. The molecule has 0 radical (unpaired) electrons. The second-order valence-corrected chi connectivity index (χ2v) is 5.02. The van der Waals surface area contributed by atoms with E-state index >= 15 is 0 Å². The lowest BCUT2D eigenvalue weighted by molar-refractivity contribution is 0.116. The monoisotopic (exact) mass is 271 g/mol. The highest BCUT2D eigenvalue weighted by Crippen LogP contribution is 2.30. The molecule has 15 heavy (non-hydrogen) atoms. The standard InChI is InChI=1S/C12H15BrFN/c13-11-4-2-1-3-10(11)9-12(14)5-7-15-8-6-12/h1-4,15H,5-9H2. The molecule has 0 amide bonds. The predicted octanol–water partition coefficient (Wildman–Crippen LogP) is 3.08. The Labute approximate surface area is 98.2 Å². The molecular weight excluding hydrogens is 257 g/mol. The smallest absolute Gasteiger partial charge is 0.117 e. The van der Waals surface area contributed by atoms with E-state index in [1.807, 2.05) is 24.3 Å². The molecule has 1 fully saturated rings. The summed E-state index contributed by atoms with van der Waals surface area (Å²) in [5.74, 6) is 0. The summed E-state index contributed by atoms with van der Waals surface area (Å²) < 4.78 is 15.4. The molecule has 1 saturated heterocycles. The lowest BCUT2D eigenvalue weighted by Gasteiger charge is -2.30. The van der Waals surface area contributed by atoms with Crippen LogP contribution in [0.1, 0.15) is 18.4 Å². The predicted molar refractivity (Wildman–Crippen MR) is 63.8 cm³/mol. The lowest BCUT2D eigenvalue weighted by Crippen LogP contribution is -2.40. The summed E-state index contributed by atoms with van der Waals surface area (Å²) in [7, 11) is 0. The van der Waals surface area contributed by atoms with E-state index < -0.39 is 5.67 Å². The van der Waals surface area contributed by atoms with E-state index in [4.69, 9.17) is 0 Å². The van der Waals surface area contributed by atoms with Gasteiger partial charge in [-0.3, -0.25) is 0 Å². The first-order valence-corrected chi connectivity index (χ1v) is 6.12. The summed E-state index contributed by atoms with van der Waals surface area (Å²) in [5, 5.41) is 3.19. The number of halogens is 2. The molecule has 0 unspecified atom stereocenters. The van der Waals surface area contributed by atoms with Crippen molar-refractivity contribution in [2.75, 3.05) is 13.1 Å². The summed E-state index contributed by atoms with van der Waals surface area (Å²) in [5.41, 5.74) is 0.0525. The normalized spacial score (nSPS) is 20.1. The van der Waals surface area contributed by atoms with Gasteiger partial charge in [-0.05, 0) is 37.6 Å². The van der Waals surface area contributed by atoms with Crippen LogP contribution in [0.2, 0.25) is 0 Å². The molecule has 82 valence electrons. The molecule has 3 heteroatoms. The van der Waals surface area contributed by atoms with Gasteiger partial charge in [0.2, 0.25) is 0 Å². The van der Waals surface area contributed by atoms with Crippen molar-refractivity contribution in [2.24, 2.45) is 0 Å².